The highest BCUT2D eigenvalue weighted by Crippen LogP contribution is 2.53. The van der Waals surface area contributed by atoms with Gasteiger partial charge in [0.05, 0.1) is 0 Å². The first-order valence-electron chi connectivity index (χ1n) is 6.43. The van der Waals surface area contributed by atoms with Crippen LogP contribution in [0.25, 0.3) is 0 Å². The summed E-state index contributed by atoms with van der Waals surface area (Å²) in [7, 11) is 0. The van der Waals surface area contributed by atoms with E-state index in [-0.39, 0.29) is 11.2 Å². The molecule has 1 nitrogen and oxygen atoms in total. The highest BCUT2D eigenvalue weighted by molar-refractivity contribution is 5.35. The van der Waals surface area contributed by atoms with Gasteiger partial charge >= 0.3 is 0 Å². The third-order valence-electron chi connectivity index (χ3n) is 4.02. The molecule has 0 aromatic heterocycles. The van der Waals surface area contributed by atoms with Crippen LogP contribution in [0.3, 0.4) is 0 Å². The second-order valence-electron chi connectivity index (χ2n) is 5.85. The topological polar surface area (TPSA) is 12.0 Å². The third kappa shape index (κ3) is 2.52. The Kier molecular flexibility index (Phi) is 3.26. The fraction of sp³-hybridized carbons (Fsp3) is 0.600. The summed E-state index contributed by atoms with van der Waals surface area (Å²) in [6.45, 7) is 9.40. The van der Waals surface area contributed by atoms with E-state index in [4.69, 9.17) is 0 Å². The van der Waals surface area contributed by atoms with E-state index in [1.54, 1.807) is 6.07 Å². The zero-order chi connectivity index (χ0) is 12.6. The largest absolute Gasteiger partial charge is 0.314 e. The first kappa shape index (κ1) is 12.6. The van der Waals surface area contributed by atoms with E-state index >= 15 is 0 Å². The number of benzene rings is 1. The Morgan fingerprint density at radius 3 is 2.76 bits per heavy atom. The van der Waals surface area contributed by atoms with Gasteiger partial charge in [-0.05, 0) is 48.4 Å². The van der Waals surface area contributed by atoms with E-state index in [9.17, 15) is 4.39 Å². The Hall–Kier alpha value is -0.890. The average molecular weight is 235 g/mol. The predicted octanol–water partition coefficient (Wildman–Crippen LogP) is 3.41. The van der Waals surface area contributed by atoms with Gasteiger partial charge in [0, 0.05) is 6.04 Å². The van der Waals surface area contributed by atoms with E-state index in [0.29, 0.717) is 12.0 Å². The zero-order valence-corrected chi connectivity index (χ0v) is 11.2. The van der Waals surface area contributed by atoms with Gasteiger partial charge in [-0.2, -0.15) is 0 Å². The second-order valence-corrected chi connectivity index (χ2v) is 5.85. The first-order valence-corrected chi connectivity index (χ1v) is 6.43. The SMILES string of the molecule is Cc1ccc(C2(C)CC2CNC(C)C)cc1F. The highest BCUT2D eigenvalue weighted by Gasteiger charge is 2.50. The maximum Gasteiger partial charge on any atom is 0.126 e. The van der Waals surface area contributed by atoms with Crippen molar-refractivity contribution in [3.63, 3.8) is 0 Å². The van der Waals surface area contributed by atoms with Crippen molar-refractivity contribution in [1.82, 2.24) is 5.32 Å². The van der Waals surface area contributed by atoms with Crippen LogP contribution in [0.5, 0.6) is 0 Å². The van der Waals surface area contributed by atoms with Gasteiger partial charge in [0.25, 0.3) is 0 Å². The highest BCUT2D eigenvalue weighted by atomic mass is 19.1. The average Bonchev–Trinajstić information content (AvgIpc) is 2.92. The number of aryl methyl sites for hydroxylation is 1. The number of halogens is 1. The standard InChI is InChI=1S/C15H22FN/c1-10(2)17-9-13-8-15(13,4)12-6-5-11(3)14(16)7-12/h5-7,10,13,17H,8-9H2,1-4H3. The minimum Gasteiger partial charge on any atom is -0.314 e. The van der Waals surface area contributed by atoms with Crippen LogP contribution < -0.4 is 5.32 Å². The van der Waals surface area contributed by atoms with Crippen LogP contribution in [0.2, 0.25) is 0 Å². The van der Waals surface area contributed by atoms with Crippen molar-refractivity contribution in [2.75, 3.05) is 6.54 Å². The molecule has 1 aliphatic rings. The van der Waals surface area contributed by atoms with Gasteiger partial charge in [0.15, 0.2) is 0 Å². The van der Waals surface area contributed by atoms with Gasteiger partial charge < -0.3 is 5.32 Å². The molecule has 94 valence electrons. The molecule has 17 heavy (non-hydrogen) atoms. The number of hydrogen-bond acceptors (Lipinski definition) is 1. The number of hydrogen-bond donors (Lipinski definition) is 1. The quantitative estimate of drug-likeness (QED) is 0.843. The summed E-state index contributed by atoms with van der Waals surface area (Å²) >= 11 is 0. The number of rotatable bonds is 4. The maximum atomic E-state index is 13.6. The molecule has 0 bridgehead atoms. The van der Waals surface area contributed by atoms with Gasteiger partial charge in [0.2, 0.25) is 0 Å². The summed E-state index contributed by atoms with van der Waals surface area (Å²) in [5, 5.41) is 3.46. The molecule has 0 heterocycles. The van der Waals surface area contributed by atoms with Gasteiger partial charge in [-0.1, -0.05) is 32.9 Å². The first-order chi connectivity index (χ1) is 7.93. The molecule has 1 saturated carbocycles. The maximum absolute atomic E-state index is 13.6. The molecule has 0 saturated heterocycles. The molecule has 1 fully saturated rings. The summed E-state index contributed by atoms with van der Waals surface area (Å²) in [4.78, 5) is 0. The molecule has 1 aromatic carbocycles. The lowest BCUT2D eigenvalue weighted by molar-refractivity contribution is 0.526. The molecule has 1 N–H and O–H groups in total. The fourth-order valence-corrected chi connectivity index (χ4v) is 2.43. The normalized spacial score (nSPS) is 27.5. The van der Waals surface area contributed by atoms with Crippen molar-refractivity contribution in [3.05, 3.63) is 35.1 Å². The molecule has 2 heteroatoms. The fourth-order valence-electron chi connectivity index (χ4n) is 2.43. The van der Waals surface area contributed by atoms with Crippen LogP contribution in [-0.2, 0) is 5.41 Å². The minimum atomic E-state index is -0.0776. The van der Waals surface area contributed by atoms with Crippen LogP contribution in [0.4, 0.5) is 4.39 Å². The van der Waals surface area contributed by atoms with Gasteiger partial charge in [0.1, 0.15) is 5.82 Å². The lowest BCUT2D eigenvalue weighted by Crippen LogP contribution is -2.26. The van der Waals surface area contributed by atoms with Crippen molar-refractivity contribution in [2.24, 2.45) is 5.92 Å². The Morgan fingerprint density at radius 1 is 1.47 bits per heavy atom. The summed E-state index contributed by atoms with van der Waals surface area (Å²) in [6, 6.07) is 6.20. The smallest absolute Gasteiger partial charge is 0.126 e. The Morgan fingerprint density at radius 2 is 2.18 bits per heavy atom. The second kappa shape index (κ2) is 4.41. The molecule has 2 atom stereocenters. The zero-order valence-electron chi connectivity index (χ0n) is 11.2. The minimum absolute atomic E-state index is 0.0776. The Bertz CT molecular complexity index is 413. The molecule has 2 unspecified atom stereocenters. The predicted molar refractivity (Wildman–Crippen MR) is 69.7 cm³/mol. The van der Waals surface area contributed by atoms with Gasteiger partial charge in [-0.3, -0.25) is 0 Å². The summed E-state index contributed by atoms with van der Waals surface area (Å²) < 4.78 is 13.6. The van der Waals surface area contributed by atoms with Crippen LogP contribution in [0.1, 0.15) is 38.3 Å². The Balaban J connectivity index is 2.05. The lowest BCUT2D eigenvalue weighted by Gasteiger charge is -2.14. The molecule has 0 aliphatic heterocycles. The van der Waals surface area contributed by atoms with E-state index in [2.05, 4.69) is 32.2 Å². The van der Waals surface area contributed by atoms with E-state index in [1.807, 2.05) is 13.0 Å². The lowest BCUT2D eigenvalue weighted by atomic mass is 9.94. The summed E-state index contributed by atoms with van der Waals surface area (Å²) in [5.74, 6) is 0.568. The molecule has 0 amide bonds. The van der Waals surface area contributed by atoms with Crippen molar-refractivity contribution in [2.45, 2.75) is 45.6 Å². The van der Waals surface area contributed by atoms with Crippen molar-refractivity contribution in [3.8, 4) is 0 Å². The summed E-state index contributed by atoms with van der Waals surface area (Å²) in [5.41, 5.74) is 2.06. The van der Waals surface area contributed by atoms with Crippen LogP contribution in [0.15, 0.2) is 18.2 Å². The molecule has 0 spiro atoms. The van der Waals surface area contributed by atoms with E-state index in [1.165, 1.54) is 0 Å². The van der Waals surface area contributed by atoms with E-state index in [0.717, 1.165) is 24.1 Å². The van der Waals surface area contributed by atoms with Crippen LogP contribution >= 0.6 is 0 Å². The van der Waals surface area contributed by atoms with Gasteiger partial charge in [-0.15, -0.1) is 0 Å². The summed E-state index contributed by atoms with van der Waals surface area (Å²) in [6.07, 6.45) is 1.16. The third-order valence-corrected chi connectivity index (χ3v) is 4.02. The van der Waals surface area contributed by atoms with Crippen molar-refractivity contribution in [1.29, 1.82) is 0 Å². The number of nitrogens with one attached hydrogen (secondary N) is 1. The van der Waals surface area contributed by atoms with E-state index < -0.39 is 0 Å². The van der Waals surface area contributed by atoms with Crippen LogP contribution in [-0.4, -0.2) is 12.6 Å². The Labute approximate surface area is 103 Å². The van der Waals surface area contributed by atoms with Crippen molar-refractivity contribution < 1.29 is 4.39 Å². The molecule has 2 rings (SSSR count). The van der Waals surface area contributed by atoms with Crippen LogP contribution in [0, 0.1) is 18.7 Å². The molecular formula is C15H22FN. The molecule has 1 aliphatic carbocycles. The van der Waals surface area contributed by atoms with Gasteiger partial charge in [-0.25, -0.2) is 4.39 Å². The molecule has 0 radical (unpaired) electrons. The molecular weight excluding hydrogens is 213 g/mol. The molecule has 1 aromatic rings. The van der Waals surface area contributed by atoms with Crippen molar-refractivity contribution >= 4 is 0 Å². The monoisotopic (exact) mass is 235 g/mol.